The molecule has 102 valence electrons. The van der Waals surface area contributed by atoms with Crippen molar-refractivity contribution in [1.29, 1.82) is 0 Å². The Morgan fingerprint density at radius 1 is 0.850 bits per heavy atom. The molecule has 0 aliphatic heterocycles. The number of thiazole rings is 2. The maximum atomic E-state index is 4.40. The Bertz CT molecular complexity index is 660. The first kappa shape index (κ1) is 13.1. The molecule has 0 saturated heterocycles. The van der Waals surface area contributed by atoms with Crippen molar-refractivity contribution in [3.05, 3.63) is 46.4 Å². The number of rotatable bonds is 4. The van der Waals surface area contributed by atoms with Crippen molar-refractivity contribution in [2.24, 2.45) is 0 Å². The maximum Gasteiger partial charge on any atom is 0.187 e. The average molecular weight is 302 g/mol. The summed E-state index contributed by atoms with van der Waals surface area (Å²) >= 11 is 3.21. The summed E-state index contributed by atoms with van der Waals surface area (Å²) in [6.07, 6.45) is 0. The minimum Gasteiger partial charge on any atom is -0.331 e. The SMILES string of the molecule is Cc1csc(Nc2cccc(Nc3nc(C)cs3)c2)n1. The molecule has 0 saturated carbocycles. The van der Waals surface area contributed by atoms with Gasteiger partial charge in [0.1, 0.15) is 0 Å². The molecule has 20 heavy (non-hydrogen) atoms. The third-order valence-corrected chi connectivity index (χ3v) is 4.35. The minimum atomic E-state index is 0.907. The molecule has 0 atom stereocenters. The van der Waals surface area contributed by atoms with Crippen LogP contribution in [-0.4, -0.2) is 9.97 Å². The fourth-order valence-corrected chi connectivity index (χ4v) is 3.16. The number of anilines is 4. The van der Waals surface area contributed by atoms with Crippen LogP contribution in [0.3, 0.4) is 0 Å². The van der Waals surface area contributed by atoms with E-state index in [1.165, 1.54) is 0 Å². The Morgan fingerprint density at radius 2 is 1.35 bits per heavy atom. The molecule has 6 heteroatoms. The van der Waals surface area contributed by atoms with Crippen LogP contribution < -0.4 is 10.6 Å². The smallest absolute Gasteiger partial charge is 0.187 e. The van der Waals surface area contributed by atoms with Gasteiger partial charge in [0.25, 0.3) is 0 Å². The van der Waals surface area contributed by atoms with Crippen molar-refractivity contribution in [1.82, 2.24) is 9.97 Å². The van der Waals surface area contributed by atoms with Crippen molar-refractivity contribution in [2.75, 3.05) is 10.6 Å². The van der Waals surface area contributed by atoms with Gasteiger partial charge in [0.2, 0.25) is 0 Å². The van der Waals surface area contributed by atoms with Gasteiger partial charge in [-0.1, -0.05) is 6.07 Å². The third-order valence-electron chi connectivity index (χ3n) is 2.60. The lowest BCUT2D eigenvalue weighted by atomic mass is 10.3. The maximum absolute atomic E-state index is 4.40. The van der Waals surface area contributed by atoms with Crippen LogP contribution in [0.1, 0.15) is 11.4 Å². The highest BCUT2D eigenvalue weighted by molar-refractivity contribution is 7.14. The second kappa shape index (κ2) is 5.60. The highest BCUT2D eigenvalue weighted by Crippen LogP contribution is 2.25. The lowest BCUT2D eigenvalue weighted by Gasteiger charge is -2.06. The standard InChI is InChI=1S/C14H14N4S2/c1-9-7-19-13(15-9)17-11-4-3-5-12(6-11)18-14-16-10(2)8-20-14/h3-8H,1-2H3,(H,15,17)(H,16,18). The topological polar surface area (TPSA) is 49.8 Å². The Hall–Kier alpha value is -1.92. The van der Waals surface area contributed by atoms with E-state index in [4.69, 9.17) is 0 Å². The van der Waals surface area contributed by atoms with Gasteiger partial charge in [0, 0.05) is 22.1 Å². The van der Waals surface area contributed by atoms with E-state index in [9.17, 15) is 0 Å². The second-order valence-electron chi connectivity index (χ2n) is 4.42. The number of nitrogens with one attached hydrogen (secondary N) is 2. The average Bonchev–Trinajstić information content (AvgIpc) is 2.99. The summed E-state index contributed by atoms with van der Waals surface area (Å²) in [5.74, 6) is 0. The molecule has 3 aromatic rings. The zero-order valence-electron chi connectivity index (χ0n) is 11.2. The summed E-state index contributed by atoms with van der Waals surface area (Å²) in [5.41, 5.74) is 4.09. The molecule has 0 amide bonds. The molecule has 0 radical (unpaired) electrons. The van der Waals surface area contributed by atoms with Gasteiger partial charge >= 0.3 is 0 Å². The lowest BCUT2D eigenvalue weighted by Crippen LogP contribution is -1.93. The van der Waals surface area contributed by atoms with Gasteiger partial charge in [-0.15, -0.1) is 22.7 Å². The first-order valence-electron chi connectivity index (χ1n) is 6.17. The van der Waals surface area contributed by atoms with Crippen molar-refractivity contribution in [3.63, 3.8) is 0 Å². The van der Waals surface area contributed by atoms with Crippen LogP contribution in [-0.2, 0) is 0 Å². The molecule has 4 nitrogen and oxygen atoms in total. The first-order chi connectivity index (χ1) is 9.69. The van der Waals surface area contributed by atoms with Crippen LogP contribution in [0.15, 0.2) is 35.0 Å². The summed E-state index contributed by atoms with van der Waals surface area (Å²) in [4.78, 5) is 8.80. The van der Waals surface area contributed by atoms with Gasteiger partial charge in [-0.3, -0.25) is 0 Å². The Balaban J connectivity index is 1.75. The summed E-state index contributed by atoms with van der Waals surface area (Å²) < 4.78 is 0. The van der Waals surface area contributed by atoms with Gasteiger partial charge in [-0.2, -0.15) is 0 Å². The minimum absolute atomic E-state index is 0.907. The van der Waals surface area contributed by atoms with Crippen molar-refractivity contribution < 1.29 is 0 Å². The molecule has 0 aliphatic rings. The van der Waals surface area contributed by atoms with Crippen molar-refractivity contribution in [3.8, 4) is 0 Å². The second-order valence-corrected chi connectivity index (χ2v) is 6.14. The van der Waals surface area contributed by atoms with Gasteiger partial charge < -0.3 is 10.6 Å². The molecule has 1 aromatic carbocycles. The Labute approximate surface area is 125 Å². The highest BCUT2D eigenvalue weighted by atomic mass is 32.1. The van der Waals surface area contributed by atoms with E-state index in [2.05, 4.69) is 20.6 Å². The van der Waals surface area contributed by atoms with Gasteiger partial charge in [-0.25, -0.2) is 9.97 Å². The summed E-state index contributed by atoms with van der Waals surface area (Å²) in [7, 11) is 0. The monoisotopic (exact) mass is 302 g/mol. The molecule has 0 bridgehead atoms. The van der Waals surface area contributed by atoms with Crippen LogP contribution in [0, 0.1) is 13.8 Å². The molecule has 0 fully saturated rings. The zero-order valence-corrected chi connectivity index (χ0v) is 12.8. The number of aryl methyl sites for hydroxylation is 2. The summed E-state index contributed by atoms with van der Waals surface area (Å²) in [6, 6.07) is 8.10. The predicted octanol–water partition coefficient (Wildman–Crippen LogP) is 4.70. The number of nitrogens with zero attached hydrogens (tertiary/aromatic N) is 2. The molecule has 0 aliphatic carbocycles. The summed E-state index contributed by atoms with van der Waals surface area (Å²) in [6.45, 7) is 3.98. The molecule has 3 rings (SSSR count). The molecular weight excluding hydrogens is 288 g/mol. The van der Waals surface area contributed by atoms with Crippen LogP contribution in [0.2, 0.25) is 0 Å². The van der Waals surface area contributed by atoms with Crippen LogP contribution in [0.5, 0.6) is 0 Å². The van der Waals surface area contributed by atoms with Crippen LogP contribution >= 0.6 is 22.7 Å². The van der Waals surface area contributed by atoms with Crippen molar-refractivity contribution in [2.45, 2.75) is 13.8 Å². The van der Waals surface area contributed by atoms with E-state index >= 15 is 0 Å². The Morgan fingerprint density at radius 3 is 1.75 bits per heavy atom. The number of hydrogen-bond donors (Lipinski definition) is 2. The van der Waals surface area contributed by atoms with E-state index in [1.807, 2.05) is 48.9 Å². The third kappa shape index (κ3) is 3.15. The van der Waals surface area contributed by atoms with Gasteiger partial charge in [0.15, 0.2) is 10.3 Å². The largest absolute Gasteiger partial charge is 0.331 e. The fourth-order valence-electron chi connectivity index (χ4n) is 1.74. The van der Waals surface area contributed by atoms with E-state index in [0.717, 1.165) is 33.0 Å². The highest BCUT2D eigenvalue weighted by Gasteiger charge is 2.02. The predicted molar refractivity (Wildman–Crippen MR) is 86.7 cm³/mol. The quantitative estimate of drug-likeness (QED) is 0.733. The van der Waals surface area contributed by atoms with Gasteiger partial charge in [-0.05, 0) is 32.0 Å². The molecular formula is C14H14N4S2. The normalized spacial score (nSPS) is 10.5. The molecule has 0 spiro atoms. The molecule has 2 aromatic heterocycles. The van der Waals surface area contributed by atoms with E-state index < -0.39 is 0 Å². The lowest BCUT2D eigenvalue weighted by molar-refractivity contribution is 1.26. The summed E-state index contributed by atoms with van der Waals surface area (Å²) in [5, 5.41) is 12.5. The van der Waals surface area contributed by atoms with Crippen LogP contribution in [0.4, 0.5) is 21.6 Å². The molecule has 2 N–H and O–H groups in total. The van der Waals surface area contributed by atoms with Gasteiger partial charge in [0.05, 0.1) is 11.4 Å². The molecule has 0 unspecified atom stereocenters. The van der Waals surface area contributed by atoms with E-state index in [0.29, 0.717) is 0 Å². The van der Waals surface area contributed by atoms with Crippen LogP contribution in [0.25, 0.3) is 0 Å². The number of benzene rings is 1. The molecule has 2 heterocycles. The van der Waals surface area contributed by atoms with E-state index in [-0.39, 0.29) is 0 Å². The van der Waals surface area contributed by atoms with E-state index in [1.54, 1.807) is 22.7 Å². The zero-order chi connectivity index (χ0) is 13.9. The Kier molecular flexibility index (Phi) is 3.66. The fraction of sp³-hybridized carbons (Fsp3) is 0.143. The first-order valence-corrected chi connectivity index (χ1v) is 7.93. The number of hydrogen-bond acceptors (Lipinski definition) is 6. The van der Waals surface area contributed by atoms with Crippen molar-refractivity contribution >= 4 is 44.3 Å². The number of aromatic nitrogens is 2.